The second kappa shape index (κ2) is 11.3. The number of likely N-dealkylation sites (N-methyl/N-ethyl adjacent to an activating group) is 1. The third-order valence-corrected chi connectivity index (χ3v) is 7.08. The van der Waals surface area contributed by atoms with Crippen LogP contribution in [0.5, 0.6) is 5.88 Å². The first-order valence-corrected chi connectivity index (χ1v) is 12.5. The predicted octanol–water partition coefficient (Wildman–Crippen LogP) is 2.99. The highest BCUT2D eigenvalue weighted by molar-refractivity contribution is 5.98. The number of carbonyl (C=O) groups is 2. The third-order valence-electron chi connectivity index (χ3n) is 7.08. The summed E-state index contributed by atoms with van der Waals surface area (Å²) in [6.45, 7) is 5.40. The maximum Gasteiger partial charge on any atom is 0.259 e. The molecule has 1 fully saturated rings. The first-order chi connectivity index (χ1) is 17.3. The molecule has 0 radical (unpaired) electrons. The normalized spacial score (nSPS) is 21.7. The molecule has 0 bridgehead atoms. The molecule has 1 aromatic heterocycles. The zero-order valence-electron chi connectivity index (χ0n) is 21.0. The maximum absolute atomic E-state index is 13.8. The van der Waals surface area contributed by atoms with Gasteiger partial charge in [0.15, 0.2) is 0 Å². The summed E-state index contributed by atoms with van der Waals surface area (Å²) < 4.78 is 25.5. The number of nitrogens with zero attached hydrogens (tertiary/aromatic N) is 3. The van der Waals surface area contributed by atoms with Gasteiger partial charge in [-0.25, -0.2) is 9.37 Å². The summed E-state index contributed by atoms with van der Waals surface area (Å²) in [6, 6.07) is 7.31. The standard InChI is InChI=1S/C27H34FN3O5/c1-17-14-31(18(2)16-32)27(34)23-12-21(20-5-4-6-22(28)11-20)13-29-25(23)36-24(17)15-30(3)26(33)19-7-9-35-10-8-19/h4-6,11-13,17-19,24,32H,7-10,14-16H2,1-3H3/t17-,18+,24+/m0/s1. The number of pyridine rings is 1. The van der Waals surface area contributed by atoms with Crippen molar-refractivity contribution in [3.05, 3.63) is 47.9 Å². The van der Waals surface area contributed by atoms with E-state index in [4.69, 9.17) is 9.47 Å². The van der Waals surface area contributed by atoms with Crippen LogP contribution in [0.2, 0.25) is 0 Å². The molecule has 2 aliphatic heterocycles. The van der Waals surface area contributed by atoms with Gasteiger partial charge < -0.3 is 24.4 Å². The van der Waals surface area contributed by atoms with Crippen LogP contribution in [-0.4, -0.2) is 83.8 Å². The van der Waals surface area contributed by atoms with Gasteiger partial charge in [0.05, 0.1) is 19.2 Å². The molecule has 3 heterocycles. The summed E-state index contributed by atoms with van der Waals surface area (Å²) in [4.78, 5) is 34.4. The molecule has 0 aliphatic carbocycles. The van der Waals surface area contributed by atoms with Gasteiger partial charge in [-0.15, -0.1) is 0 Å². The summed E-state index contributed by atoms with van der Waals surface area (Å²) in [5, 5.41) is 9.85. The molecule has 2 aromatic rings. The molecule has 0 spiro atoms. The number of benzene rings is 1. The average molecular weight is 500 g/mol. The molecule has 3 atom stereocenters. The molecule has 2 aliphatic rings. The number of rotatable bonds is 6. The van der Waals surface area contributed by atoms with Crippen LogP contribution in [0.1, 0.15) is 37.0 Å². The lowest BCUT2D eigenvalue weighted by Crippen LogP contribution is -2.51. The molecule has 1 N–H and O–H groups in total. The Bertz CT molecular complexity index is 1090. The Morgan fingerprint density at radius 2 is 2.03 bits per heavy atom. The Kier molecular flexibility index (Phi) is 8.21. The third kappa shape index (κ3) is 5.68. The van der Waals surface area contributed by atoms with Crippen molar-refractivity contribution in [1.82, 2.24) is 14.8 Å². The quantitative estimate of drug-likeness (QED) is 0.657. The first-order valence-electron chi connectivity index (χ1n) is 12.5. The molecular formula is C27H34FN3O5. The highest BCUT2D eigenvalue weighted by Crippen LogP contribution is 2.31. The Morgan fingerprint density at radius 3 is 2.72 bits per heavy atom. The van der Waals surface area contributed by atoms with Crippen LogP contribution in [0.25, 0.3) is 11.1 Å². The van der Waals surface area contributed by atoms with Crippen LogP contribution in [0.4, 0.5) is 4.39 Å². The summed E-state index contributed by atoms with van der Waals surface area (Å²) >= 11 is 0. The van der Waals surface area contributed by atoms with Gasteiger partial charge in [-0.05, 0) is 43.5 Å². The van der Waals surface area contributed by atoms with E-state index in [1.807, 2.05) is 6.92 Å². The van der Waals surface area contributed by atoms with E-state index < -0.39 is 12.1 Å². The van der Waals surface area contributed by atoms with Crippen molar-refractivity contribution in [3.8, 4) is 17.0 Å². The van der Waals surface area contributed by atoms with Gasteiger partial charge in [0, 0.05) is 50.4 Å². The van der Waals surface area contributed by atoms with Crippen LogP contribution >= 0.6 is 0 Å². The zero-order valence-corrected chi connectivity index (χ0v) is 21.0. The second-order valence-corrected chi connectivity index (χ2v) is 9.82. The molecule has 1 saturated heterocycles. The number of hydrogen-bond acceptors (Lipinski definition) is 6. The average Bonchev–Trinajstić information content (AvgIpc) is 2.90. The van der Waals surface area contributed by atoms with Gasteiger partial charge in [0.2, 0.25) is 11.8 Å². The number of fused-ring (bicyclic) bond motifs is 1. The van der Waals surface area contributed by atoms with E-state index in [0.29, 0.717) is 50.3 Å². The van der Waals surface area contributed by atoms with E-state index in [1.54, 1.807) is 48.2 Å². The number of carbonyl (C=O) groups excluding carboxylic acids is 2. The fourth-order valence-electron chi connectivity index (χ4n) is 4.76. The highest BCUT2D eigenvalue weighted by atomic mass is 19.1. The van der Waals surface area contributed by atoms with Crippen LogP contribution < -0.4 is 4.74 Å². The Morgan fingerprint density at radius 1 is 1.28 bits per heavy atom. The Hall–Kier alpha value is -3.04. The largest absolute Gasteiger partial charge is 0.472 e. The smallest absolute Gasteiger partial charge is 0.259 e. The first kappa shape index (κ1) is 26.0. The topological polar surface area (TPSA) is 92.2 Å². The maximum atomic E-state index is 13.8. The van der Waals surface area contributed by atoms with E-state index >= 15 is 0 Å². The minimum absolute atomic E-state index is 0.0578. The number of halogens is 1. The van der Waals surface area contributed by atoms with Gasteiger partial charge in [-0.3, -0.25) is 9.59 Å². The number of aromatic nitrogens is 1. The molecule has 194 valence electrons. The van der Waals surface area contributed by atoms with Crippen molar-refractivity contribution >= 4 is 11.8 Å². The predicted molar refractivity (Wildman–Crippen MR) is 132 cm³/mol. The number of aliphatic hydroxyl groups excluding tert-OH is 1. The summed E-state index contributed by atoms with van der Waals surface area (Å²) in [6.07, 6.45) is 2.54. The van der Waals surface area contributed by atoms with Crippen molar-refractivity contribution in [3.63, 3.8) is 0 Å². The fourth-order valence-corrected chi connectivity index (χ4v) is 4.76. The monoisotopic (exact) mass is 499 g/mol. The lowest BCUT2D eigenvalue weighted by Gasteiger charge is -2.38. The molecule has 2 amide bonds. The van der Waals surface area contributed by atoms with E-state index in [-0.39, 0.29) is 47.5 Å². The minimum atomic E-state index is -0.425. The van der Waals surface area contributed by atoms with Crippen LogP contribution in [0, 0.1) is 17.7 Å². The van der Waals surface area contributed by atoms with E-state index in [9.17, 15) is 19.1 Å². The van der Waals surface area contributed by atoms with Crippen LogP contribution in [0.3, 0.4) is 0 Å². The van der Waals surface area contributed by atoms with Crippen LogP contribution in [-0.2, 0) is 9.53 Å². The Balaban J connectivity index is 1.65. The van der Waals surface area contributed by atoms with E-state index in [2.05, 4.69) is 4.98 Å². The molecule has 0 unspecified atom stereocenters. The lowest BCUT2D eigenvalue weighted by molar-refractivity contribution is -0.138. The highest BCUT2D eigenvalue weighted by Gasteiger charge is 2.35. The lowest BCUT2D eigenvalue weighted by atomic mass is 9.97. The van der Waals surface area contributed by atoms with Crippen molar-refractivity contribution in [1.29, 1.82) is 0 Å². The number of amides is 2. The zero-order chi connectivity index (χ0) is 25.8. The Labute approximate surface area is 211 Å². The fraction of sp³-hybridized carbons (Fsp3) is 0.519. The SMILES string of the molecule is C[C@H](CO)N1C[C@H](C)[C@@H](CN(C)C(=O)C2CCOCC2)Oc2ncc(-c3cccc(F)c3)cc2C1=O. The van der Waals surface area contributed by atoms with Crippen LogP contribution in [0.15, 0.2) is 36.5 Å². The van der Waals surface area contributed by atoms with Crippen molar-refractivity contribution in [2.24, 2.45) is 11.8 Å². The van der Waals surface area contributed by atoms with Crippen molar-refractivity contribution in [2.75, 3.05) is 40.0 Å². The van der Waals surface area contributed by atoms with E-state index in [1.165, 1.54) is 12.1 Å². The molecule has 8 nitrogen and oxygen atoms in total. The van der Waals surface area contributed by atoms with Gasteiger partial charge in [-0.2, -0.15) is 0 Å². The molecule has 36 heavy (non-hydrogen) atoms. The van der Waals surface area contributed by atoms with Gasteiger partial charge in [-0.1, -0.05) is 19.1 Å². The summed E-state index contributed by atoms with van der Waals surface area (Å²) in [5.41, 5.74) is 1.42. The van der Waals surface area contributed by atoms with Gasteiger partial charge in [0.1, 0.15) is 17.5 Å². The van der Waals surface area contributed by atoms with Crippen molar-refractivity contribution < 1.29 is 28.6 Å². The number of hydrogen-bond donors (Lipinski definition) is 1. The minimum Gasteiger partial charge on any atom is -0.472 e. The van der Waals surface area contributed by atoms with E-state index in [0.717, 1.165) is 0 Å². The number of aliphatic hydroxyl groups is 1. The molecule has 1 aromatic carbocycles. The molecule has 0 saturated carbocycles. The molecular weight excluding hydrogens is 465 g/mol. The molecule has 9 heteroatoms. The van der Waals surface area contributed by atoms with Gasteiger partial charge >= 0.3 is 0 Å². The second-order valence-electron chi connectivity index (χ2n) is 9.82. The summed E-state index contributed by atoms with van der Waals surface area (Å²) in [7, 11) is 1.77. The summed E-state index contributed by atoms with van der Waals surface area (Å²) in [5.74, 6) is -0.677. The van der Waals surface area contributed by atoms with Crippen molar-refractivity contribution in [2.45, 2.75) is 38.8 Å². The van der Waals surface area contributed by atoms with Gasteiger partial charge in [0.25, 0.3) is 5.91 Å². The number of ether oxygens (including phenoxy) is 2. The molecule has 4 rings (SSSR count).